The summed E-state index contributed by atoms with van der Waals surface area (Å²) in [5, 5.41) is 0. The van der Waals surface area contributed by atoms with Crippen LogP contribution in [0.25, 0.3) is 0 Å². The van der Waals surface area contributed by atoms with Gasteiger partial charge < -0.3 is 5.73 Å². The zero-order valence-electron chi connectivity index (χ0n) is 11.1. The van der Waals surface area contributed by atoms with Crippen LogP contribution in [0, 0.1) is 5.92 Å². The molecule has 1 atom stereocenters. The fraction of sp³-hybridized carbons (Fsp3) is 0.714. The van der Waals surface area contributed by atoms with Crippen LogP contribution in [-0.4, -0.2) is 25.0 Å². The second-order valence-corrected chi connectivity index (χ2v) is 7.08. The molecule has 0 saturated heterocycles. The molecule has 4 heteroatoms. The predicted octanol–water partition coefficient (Wildman–Crippen LogP) is 3.91. The molecule has 0 spiro atoms. The summed E-state index contributed by atoms with van der Waals surface area (Å²) in [6.45, 7) is 1.83. The van der Waals surface area contributed by atoms with Crippen LogP contribution in [0.4, 0.5) is 0 Å². The Labute approximate surface area is 119 Å². The predicted molar refractivity (Wildman–Crippen MR) is 80.3 cm³/mol. The molecule has 1 aliphatic rings. The van der Waals surface area contributed by atoms with Crippen molar-refractivity contribution in [2.75, 3.05) is 20.1 Å². The van der Waals surface area contributed by atoms with Gasteiger partial charge in [-0.2, -0.15) is 0 Å². The van der Waals surface area contributed by atoms with Crippen molar-refractivity contribution in [1.82, 2.24) is 4.90 Å². The van der Waals surface area contributed by atoms with Gasteiger partial charge in [-0.05, 0) is 37.9 Å². The van der Waals surface area contributed by atoms with Gasteiger partial charge in [0.1, 0.15) is 0 Å². The molecule has 18 heavy (non-hydrogen) atoms. The second kappa shape index (κ2) is 6.90. The molecule has 0 aromatic carbocycles. The zero-order valence-corrected chi connectivity index (χ0v) is 12.6. The Morgan fingerprint density at radius 3 is 2.67 bits per heavy atom. The fourth-order valence-electron chi connectivity index (χ4n) is 2.92. The van der Waals surface area contributed by atoms with Crippen LogP contribution in [0.5, 0.6) is 0 Å². The quantitative estimate of drug-likeness (QED) is 0.889. The molecule has 102 valence electrons. The van der Waals surface area contributed by atoms with Gasteiger partial charge in [-0.25, -0.2) is 0 Å². The minimum atomic E-state index is 0.324. The number of hydrogen-bond acceptors (Lipinski definition) is 3. The summed E-state index contributed by atoms with van der Waals surface area (Å²) >= 11 is 7.67. The number of likely N-dealkylation sites (N-methyl/N-ethyl adjacent to an activating group) is 1. The van der Waals surface area contributed by atoms with E-state index in [1.54, 1.807) is 11.3 Å². The first-order chi connectivity index (χ1) is 8.70. The zero-order chi connectivity index (χ0) is 13.0. The van der Waals surface area contributed by atoms with Gasteiger partial charge in [-0.15, -0.1) is 11.3 Å². The minimum Gasteiger partial charge on any atom is -0.329 e. The molecule has 2 nitrogen and oxygen atoms in total. The maximum atomic E-state index is 6.02. The number of nitrogens with zero attached hydrogens (tertiary/aromatic N) is 1. The number of hydrogen-bond donors (Lipinski definition) is 1. The van der Waals surface area contributed by atoms with Crippen LogP contribution in [-0.2, 0) is 0 Å². The van der Waals surface area contributed by atoms with Crippen molar-refractivity contribution < 1.29 is 0 Å². The van der Waals surface area contributed by atoms with Gasteiger partial charge in [0.25, 0.3) is 0 Å². The van der Waals surface area contributed by atoms with E-state index in [9.17, 15) is 0 Å². The standard InChI is InChI=1S/C14H23ClN2S/c1-17(10-11-5-3-2-4-6-11)12(9-16)13-7-8-14(15)18-13/h7-8,11-12H,2-6,9-10,16H2,1H3. The number of nitrogens with two attached hydrogens (primary N) is 1. The summed E-state index contributed by atoms with van der Waals surface area (Å²) in [6, 6.07) is 4.41. The third kappa shape index (κ3) is 3.70. The summed E-state index contributed by atoms with van der Waals surface area (Å²) < 4.78 is 0.856. The Kier molecular flexibility index (Phi) is 5.49. The van der Waals surface area contributed by atoms with E-state index >= 15 is 0 Å². The van der Waals surface area contributed by atoms with Crippen molar-refractivity contribution in [1.29, 1.82) is 0 Å². The van der Waals surface area contributed by atoms with E-state index in [0.717, 1.165) is 16.8 Å². The molecule has 2 N–H and O–H groups in total. The highest BCUT2D eigenvalue weighted by atomic mass is 35.5. The van der Waals surface area contributed by atoms with Gasteiger partial charge in [-0.3, -0.25) is 4.90 Å². The molecule has 1 fully saturated rings. The summed E-state index contributed by atoms with van der Waals surface area (Å²) in [6.07, 6.45) is 6.98. The lowest BCUT2D eigenvalue weighted by molar-refractivity contribution is 0.188. The largest absolute Gasteiger partial charge is 0.329 e. The molecule has 0 aliphatic heterocycles. The monoisotopic (exact) mass is 286 g/mol. The van der Waals surface area contributed by atoms with Crippen LogP contribution in [0.15, 0.2) is 12.1 Å². The van der Waals surface area contributed by atoms with Crippen molar-refractivity contribution in [2.24, 2.45) is 11.7 Å². The summed E-state index contributed by atoms with van der Waals surface area (Å²) in [5.41, 5.74) is 5.94. The molecule has 1 saturated carbocycles. The highest BCUT2D eigenvalue weighted by Crippen LogP contribution is 2.31. The summed E-state index contributed by atoms with van der Waals surface area (Å²) in [7, 11) is 2.19. The smallest absolute Gasteiger partial charge is 0.0931 e. The molecule has 1 unspecified atom stereocenters. The molecule has 0 radical (unpaired) electrons. The van der Waals surface area contributed by atoms with E-state index in [-0.39, 0.29) is 0 Å². The fourth-order valence-corrected chi connectivity index (χ4v) is 4.16. The average Bonchev–Trinajstić information content (AvgIpc) is 2.78. The van der Waals surface area contributed by atoms with Crippen LogP contribution in [0.3, 0.4) is 0 Å². The molecule has 1 aromatic rings. The second-order valence-electron chi connectivity index (χ2n) is 5.34. The molecule has 1 aliphatic carbocycles. The molecule has 1 heterocycles. The van der Waals surface area contributed by atoms with Gasteiger partial charge in [0.05, 0.1) is 10.4 Å². The van der Waals surface area contributed by atoms with Gasteiger partial charge >= 0.3 is 0 Å². The van der Waals surface area contributed by atoms with Crippen molar-refractivity contribution in [3.05, 3.63) is 21.3 Å². The molecule has 2 rings (SSSR count). The van der Waals surface area contributed by atoms with E-state index in [1.807, 2.05) is 6.07 Å². The molecule has 0 bridgehead atoms. The summed E-state index contributed by atoms with van der Waals surface area (Å²) in [4.78, 5) is 3.71. The van der Waals surface area contributed by atoms with Gasteiger partial charge in [0.2, 0.25) is 0 Å². The normalized spacial score (nSPS) is 19.3. The van der Waals surface area contributed by atoms with Crippen LogP contribution >= 0.6 is 22.9 Å². The van der Waals surface area contributed by atoms with E-state index in [2.05, 4.69) is 18.0 Å². The van der Waals surface area contributed by atoms with Gasteiger partial charge in [-0.1, -0.05) is 30.9 Å². The van der Waals surface area contributed by atoms with E-state index in [1.165, 1.54) is 37.0 Å². The Morgan fingerprint density at radius 2 is 2.11 bits per heavy atom. The number of thiophene rings is 1. The Hall–Kier alpha value is -0.0900. The third-order valence-electron chi connectivity index (χ3n) is 3.95. The maximum absolute atomic E-state index is 6.02. The third-order valence-corrected chi connectivity index (χ3v) is 5.28. The summed E-state index contributed by atoms with van der Waals surface area (Å²) in [5.74, 6) is 0.855. The van der Waals surface area contributed by atoms with Crippen LogP contribution in [0.2, 0.25) is 4.34 Å². The molecule has 1 aromatic heterocycles. The van der Waals surface area contributed by atoms with E-state index in [0.29, 0.717) is 12.6 Å². The topological polar surface area (TPSA) is 29.3 Å². The number of halogens is 1. The lowest BCUT2D eigenvalue weighted by atomic mass is 9.88. The van der Waals surface area contributed by atoms with Crippen molar-refractivity contribution in [2.45, 2.75) is 38.1 Å². The highest BCUT2D eigenvalue weighted by Gasteiger charge is 2.21. The van der Waals surface area contributed by atoms with Crippen LogP contribution in [0.1, 0.15) is 43.0 Å². The Morgan fingerprint density at radius 1 is 1.39 bits per heavy atom. The minimum absolute atomic E-state index is 0.324. The molecular weight excluding hydrogens is 264 g/mol. The molecule has 0 amide bonds. The first kappa shape index (κ1) is 14.3. The number of rotatable bonds is 5. The van der Waals surface area contributed by atoms with Crippen molar-refractivity contribution in [3.63, 3.8) is 0 Å². The highest BCUT2D eigenvalue weighted by molar-refractivity contribution is 7.16. The van der Waals surface area contributed by atoms with Gasteiger partial charge in [0.15, 0.2) is 0 Å². The van der Waals surface area contributed by atoms with Crippen LogP contribution < -0.4 is 5.73 Å². The lowest BCUT2D eigenvalue weighted by Gasteiger charge is -2.31. The lowest BCUT2D eigenvalue weighted by Crippen LogP contribution is -2.34. The van der Waals surface area contributed by atoms with Crippen molar-refractivity contribution in [3.8, 4) is 0 Å². The first-order valence-electron chi connectivity index (χ1n) is 6.86. The van der Waals surface area contributed by atoms with Gasteiger partial charge in [0, 0.05) is 18.0 Å². The Balaban J connectivity index is 1.94. The average molecular weight is 287 g/mol. The van der Waals surface area contributed by atoms with E-state index < -0.39 is 0 Å². The maximum Gasteiger partial charge on any atom is 0.0931 e. The van der Waals surface area contributed by atoms with E-state index in [4.69, 9.17) is 17.3 Å². The Bertz CT molecular complexity index is 360. The SMILES string of the molecule is CN(CC1CCCCC1)C(CN)c1ccc(Cl)s1. The molecular formula is C14H23ClN2S. The first-order valence-corrected chi connectivity index (χ1v) is 8.05. The van der Waals surface area contributed by atoms with Crippen molar-refractivity contribution >= 4 is 22.9 Å².